The molecule has 1 aromatic carbocycles. The molecule has 0 saturated carbocycles. The number of nitrogens with one attached hydrogen (secondary N) is 3. The quantitative estimate of drug-likeness (QED) is 0.457. The maximum atomic E-state index is 14.9. The van der Waals surface area contributed by atoms with Gasteiger partial charge in [0.2, 0.25) is 5.95 Å². The van der Waals surface area contributed by atoms with E-state index in [1.165, 1.54) is 6.07 Å². The number of hydrogen-bond acceptors (Lipinski definition) is 8. The maximum absolute atomic E-state index is 14.9. The lowest BCUT2D eigenvalue weighted by Gasteiger charge is -2.28. The van der Waals surface area contributed by atoms with E-state index in [1.807, 2.05) is 39.1 Å². The van der Waals surface area contributed by atoms with Crippen LogP contribution < -0.4 is 20.9 Å². The second-order valence-electron chi connectivity index (χ2n) is 9.27. The van der Waals surface area contributed by atoms with Gasteiger partial charge in [-0.2, -0.15) is 0 Å². The minimum absolute atomic E-state index is 0. The molecule has 5 rings (SSSR count). The first kappa shape index (κ1) is 25.7. The Kier molecular flexibility index (Phi) is 7.65. The Hall–Kier alpha value is -3.37. The number of piperazine rings is 1. The SMILES string of the molecule is C.CC(C)N1c2cc(-c3nc(Nc4ccc(CN5CCNCC5)cn4)ncc3F)cc(F)c2NC1C. The first-order chi connectivity index (χ1) is 16.9. The summed E-state index contributed by atoms with van der Waals surface area (Å²) in [4.78, 5) is 17.3. The fourth-order valence-electron chi connectivity index (χ4n) is 4.75. The third kappa shape index (κ3) is 5.24. The predicted octanol–water partition coefficient (Wildman–Crippen LogP) is 4.59. The van der Waals surface area contributed by atoms with Crippen molar-refractivity contribution < 1.29 is 8.78 Å². The van der Waals surface area contributed by atoms with E-state index >= 15 is 0 Å². The smallest absolute Gasteiger partial charge is 0.229 e. The molecule has 2 aliphatic rings. The van der Waals surface area contributed by atoms with Crippen molar-refractivity contribution in [2.24, 2.45) is 0 Å². The first-order valence-electron chi connectivity index (χ1n) is 12.0. The molecule has 192 valence electrons. The van der Waals surface area contributed by atoms with E-state index in [4.69, 9.17) is 0 Å². The Bertz CT molecular complexity index is 1200. The lowest BCUT2D eigenvalue weighted by atomic mass is 10.1. The molecule has 0 bridgehead atoms. The van der Waals surface area contributed by atoms with Gasteiger partial charge in [-0.15, -0.1) is 0 Å². The van der Waals surface area contributed by atoms with Gasteiger partial charge in [-0.1, -0.05) is 13.5 Å². The summed E-state index contributed by atoms with van der Waals surface area (Å²) in [5, 5.41) is 9.54. The van der Waals surface area contributed by atoms with Gasteiger partial charge in [0.15, 0.2) is 5.82 Å². The Balaban J connectivity index is 0.00000304. The number of nitrogens with zero attached hydrogens (tertiary/aromatic N) is 5. The highest BCUT2D eigenvalue weighted by atomic mass is 19.1. The molecule has 3 aromatic rings. The number of anilines is 4. The summed E-state index contributed by atoms with van der Waals surface area (Å²) in [6, 6.07) is 7.08. The molecule has 1 fully saturated rings. The summed E-state index contributed by atoms with van der Waals surface area (Å²) < 4.78 is 29.7. The molecule has 0 spiro atoms. The van der Waals surface area contributed by atoms with Crippen molar-refractivity contribution in [1.82, 2.24) is 25.2 Å². The molecule has 8 nitrogen and oxygen atoms in total. The van der Waals surface area contributed by atoms with E-state index in [0.717, 1.165) is 44.5 Å². The molecule has 0 aliphatic carbocycles. The third-order valence-electron chi connectivity index (χ3n) is 6.37. The number of halogens is 2. The van der Waals surface area contributed by atoms with Crippen LogP contribution in [0.5, 0.6) is 0 Å². The van der Waals surface area contributed by atoms with E-state index in [2.05, 4.69) is 40.7 Å². The van der Waals surface area contributed by atoms with Crippen molar-refractivity contribution in [3.63, 3.8) is 0 Å². The Morgan fingerprint density at radius 1 is 1.08 bits per heavy atom. The van der Waals surface area contributed by atoms with Crippen LogP contribution in [0, 0.1) is 11.6 Å². The average molecular weight is 497 g/mol. The maximum Gasteiger partial charge on any atom is 0.229 e. The molecule has 1 unspecified atom stereocenters. The standard InChI is InChI=1S/C25H30F2N8.CH4/c1-15(2)35-16(3)31-24-19(26)10-18(11-21(24)35)23-20(27)13-30-25(33-23)32-22-5-4-17(12-29-22)14-34-8-6-28-7-9-34;/h4-5,10-13,15-16,28,31H,6-9,14H2,1-3H3,(H,29,30,32,33);1H4. The van der Waals surface area contributed by atoms with Crippen molar-refractivity contribution in [2.45, 2.75) is 47.0 Å². The highest BCUT2D eigenvalue weighted by Gasteiger charge is 2.31. The van der Waals surface area contributed by atoms with Crippen molar-refractivity contribution >= 4 is 23.1 Å². The topological polar surface area (TPSA) is 81.2 Å². The van der Waals surface area contributed by atoms with E-state index in [9.17, 15) is 8.78 Å². The Morgan fingerprint density at radius 2 is 1.86 bits per heavy atom. The number of fused-ring (bicyclic) bond motifs is 1. The summed E-state index contributed by atoms with van der Waals surface area (Å²) in [7, 11) is 0. The minimum Gasteiger partial charge on any atom is -0.361 e. The van der Waals surface area contributed by atoms with E-state index in [1.54, 1.807) is 6.07 Å². The number of rotatable bonds is 6. The zero-order valence-electron chi connectivity index (χ0n) is 20.1. The van der Waals surface area contributed by atoms with Gasteiger partial charge in [0.05, 0.1) is 23.7 Å². The number of pyridine rings is 1. The average Bonchev–Trinajstić information content (AvgIpc) is 3.19. The molecule has 3 N–H and O–H groups in total. The van der Waals surface area contributed by atoms with Crippen LogP contribution in [0.4, 0.5) is 31.9 Å². The van der Waals surface area contributed by atoms with Crippen LogP contribution in [0.1, 0.15) is 33.8 Å². The Morgan fingerprint density at radius 3 is 2.56 bits per heavy atom. The van der Waals surface area contributed by atoms with Crippen molar-refractivity contribution in [3.05, 3.63) is 53.9 Å². The highest BCUT2D eigenvalue weighted by Crippen LogP contribution is 2.41. The third-order valence-corrected chi connectivity index (χ3v) is 6.37. The van der Waals surface area contributed by atoms with Gasteiger partial charge in [0, 0.05) is 50.5 Å². The van der Waals surface area contributed by atoms with Crippen LogP contribution in [0.15, 0.2) is 36.7 Å². The lowest BCUT2D eigenvalue weighted by molar-refractivity contribution is 0.233. The fraction of sp³-hybridized carbons (Fsp3) is 0.423. The monoisotopic (exact) mass is 496 g/mol. The van der Waals surface area contributed by atoms with E-state index < -0.39 is 11.6 Å². The predicted molar refractivity (Wildman–Crippen MR) is 140 cm³/mol. The summed E-state index contributed by atoms with van der Waals surface area (Å²) >= 11 is 0. The molecule has 2 aliphatic heterocycles. The molecular formula is C26H34F2N8. The highest BCUT2D eigenvalue weighted by molar-refractivity contribution is 5.82. The van der Waals surface area contributed by atoms with Gasteiger partial charge >= 0.3 is 0 Å². The van der Waals surface area contributed by atoms with Crippen LogP contribution in [0.25, 0.3) is 11.3 Å². The molecule has 36 heavy (non-hydrogen) atoms. The number of aromatic nitrogens is 3. The zero-order valence-corrected chi connectivity index (χ0v) is 20.1. The van der Waals surface area contributed by atoms with Crippen molar-refractivity contribution in [3.8, 4) is 11.3 Å². The van der Waals surface area contributed by atoms with Crippen LogP contribution in [0.2, 0.25) is 0 Å². The van der Waals surface area contributed by atoms with Crippen molar-refractivity contribution in [1.29, 1.82) is 0 Å². The first-order valence-corrected chi connectivity index (χ1v) is 12.0. The summed E-state index contributed by atoms with van der Waals surface area (Å²) in [6.45, 7) is 10.9. The van der Waals surface area contributed by atoms with Gasteiger partial charge in [-0.05, 0) is 44.5 Å². The molecule has 4 heterocycles. The van der Waals surface area contributed by atoms with Crippen LogP contribution in [-0.4, -0.2) is 58.2 Å². The molecule has 0 amide bonds. The van der Waals surface area contributed by atoms with Crippen LogP contribution in [-0.2, 0) is 6.54 Å². The zero-order chi connectivity index (χ0) is 24.5. The largest absolute Gasteiger partial charge is 0.361 e. The van der Waals surface area contributed by atoms with Gasteiger partial charge in [0.1, 0.15) is 17.3 Å². The Labute approximate surface area is 211 Å². The second-order valence-corrected chi connectivity index (χ2v) is 9.27. The number of hydrogen-bond donors (Lipinski definition) is 3. The molecule has 2 aromatic heterocycles. The molecule has 10 heteroatoms. The molecule has 1 atom stereocenters. The summed E-state index contributed by atoms with van der Waals surface area (Å²) in [5.41, 5.74) is 2.61. The fourth-order valence-corrected chi connectivity index (χ4v) is 4.75. The molecule has 0 radical (unpaired) electrons. The lowest BCUT2D eigenvalue weighted by Crippen LogP contribution is -2.42. The van der Waals surface area contributed by atoms with Gasteiger partial charge in [-0.25, -0.2) is 23.7 Å². The summed E-state index contributed by atoms with van der Waals surface area (Å²) in [6.07, 6.45) is 2.84. The van der Waals surface area contributed by atoms with Crippen LogP contribution in [0.3, 0.4) is 0 Å². The van der Waals surface area contributed by atoms with Gasteiger partial charge < -0.3 is 20.9 Å². The van der Waals surface area contributed by atoms with Crippen molar-refractivity contribution in [2.75, 3.05) is 41.7 Å². The van der Waals surface area contributed by atoms with Gasteiger partial charge in [0.25, 0.3) is 0 Å². The normalized spacial score (nSPS) is 17.5. The minimum atomic E-state index is -0.621. The summed E-state index contributed by atoms with van der Waals surface area (Å²) in [5.74, 6) is -0.321. The van der Waals surface area contributed by atoms with E-state index in [0.29, 0.717) is 22.8 Å². The second kappa shape index (κ2) is 10.7. The van der Waals surface area contributed by atoms with Crippen LogP contribution >= 0.6 is 0 Å². The molecular weight excluding hydrogens is 462 g/mol. The molecule has 1 saturated heterocycles. The number of benzene rings is 1. The van der Waals surface area contributed by atoms with Gasteiger partial charge in [-0.3, -0.25) is 4.90 Å². The van der Waals surface area contributed by atoms with E-state index in [-0.39, 0.29) is 31.3 Å².